The summed E-state index contributed by atoms with van der Waals surface area (Å²) in [4.78, 5) is 4.04. The van der Waals surface area contributed by atoms with Crippen molar-refractivity contribution in [3.05, 3.63) is 46.7 Å². The summed E-state index contributed by atoms with van der Waals surface area (Å²) in [5.74, 6) is 0.800. The maximum absolute atomic E-state index is 5.88. The van der Waals surface area contributed by atoms with Crippen molar-refractivity contribution in [1.29, 1.82) is 0 Å². The molecule has 1 aromatic heterocycles. The van der Waals surface area contributed by atoms with Crippen molar-refractivity contribution < 1.29 is 4.74 Å². The molecule has 3 rings (SSSR count). The molecule has 1 saturated carbocycles. The fourth-order valence-corrected chi connectivity index (χ4v) is 3.22. The first-order valence-electron chi connectivity index (χ1n) is 7.56. The van der Waals surface area contributed by atoms with Crippen LogP contribution in [0.15, 0.2) is 41.8 Å². The predicted molar refractivity (Wildman–Crippen MR) is 88.7 cm³/mol. The molecule has 1 fully saturated rings. The Morgan fingerprint density at radius 3 is 2.76 bits per heavy atom. The van der Waals surface area contributed by atoms with Gasteiger partial charge in [0.25, 0.3) is 0 Å². The lowest BCUT2D eigenvalue weighted by molar-refractivity contribution is 0.222. The number of nitrogens with two attached hydrogens (primary N) is 1. The number of nitrogens with zero attached hydrogens (tertiary/aromatic N) is 1. The topological polar surface area (TPSA) is 38.5 Å². The van der Waals surface area contributed by atoms with Crippen LogP contribution in [0.25, 0.3) is 0 Å². The minimum absolute atomic E-state index is 0.718. The molecular formula is C17H22N2OS. The van der Waals surface area contributed by atoms with Crippen LogP contribution in [0, 0.1) is 0 Å². The van der Waals surface area contributed by atoms with Crippen LogP contribution < -0.4 is 10.5 Å². The van der Waals surface area contributed by atoms with Gasteiger partial charge in [-0.15, -0.1) is 11.3 Å². The third kappa shape index (κ3) is 4.22. The van der Waals surface area contributed by atoms with E-state index in [9.17, 15) is 0 Å². The molecule has 0 amide bonds. The van der Waals surface area contributed by atoms with Crippen molar-refractivity contribution in [2.75, 3.05) is 18.9 Å². The predicted octanol–water partition coefficient (Wildman–Crippen LogP) is 3.76. The first-order valence-corrected chi connectivity index (χ1v) is 8.44. The summed E-state index contributed by atoms with van der Waals surface area (Å²) in [6, 6.07) is 12.8. The van der Waals surface area contributed by atoms with E-state index in [0.717, 1.165) is 43.6 Å². The van der Waals surface area contributed by atoms with E-state index >= 15 is 0 Å². The molecule has 0 spiro atoms. The molecule has 0 atom stereocenters. The van der Waals surface area contributed by atoms with Crippen LogP contribution in [0.3, 0.4) is 0 Å². The fraction of sp³-hybridized carbons (Fsp3) is 0.412. The SMILES string of the molecule is Nc1ccccc1OCCCN(Cc1cccs1)C1CC1. The van der Waals surface area contributed by atoms with Gasteiger partial charge in [-0.05, 0) is 42.8 Å². The Hall–Kier alpha value is -1.52. The van der Waals surface area contributed by atoms with Crippen LogP contribution in [0.5, 0.6) is 5.75 Å². The van der Waals surface area contributed by atoms with E-state index in [1.807, 2.05) is 35.6 Å². The largest absolute Gasteiger partial charge is 0.491 e. The first kappa shape index (κ1) is 14.4. The van der Waals surface area contributed by atoms with Crippen molar-refractivity contribution >= 4 is 17.0 Å². The Balaban J connectivity index is 1.43. The van der Waals surface area contributed by atoms with E-state index in [1.165, 1.54) is 17.7 Å². The normalized spacial score (nSPS) is 14.5. The molecule has 1 heterocycles. The Morgan fingerprint density at radius 1 is 1.19 bits per heavy atom. The molecule has 0 unspecified atom stereocenters. The summed E-state index contributed by atoms with van der Waals surface area (Å²) < 4.78 is 5.77. The zero-order valence-corrected chi connectivity index (χ0v) is 13.0. The van der Waals surface area contributed by atoms with Gasteiger partial charge in [-0.2, -0.15) is 0 Å². The molecule has 0 aliphatic heterocycles. The summed E-state index contributed by atoms with van der Waals surface area (Å²) in [6.07, 6.45) is 3.73. The summed E-state index contributed by atoms with van der Waals surface area (Å²) in [5.41, 5.74) is 6.59. The zero-order valence-electron chi connectivity index (χ0n) is 12.2. The molecule has 0 bridgehead atoms. The number of para-hydroxylation sites is 2. The third-order valence-electron chi connectivity index (χ3n) is 3.77. The highest BCUT2D eigenvalue weighted by Gasteiger charge is 2.28. The van der Waals surface area contributed by atoms with Gasteiger partial charge < -0.3 is 10.5 Å². The smallest absolute Gasteiger partial charge is 0.142 e. The highest BCUT2D eigenvalue weighted by molar-refractivity contribution is 7.09. The lowest BCUT2D eigenvalue weighted by atomic mass is 10.3. The van der Waals surface area contributed by atoms with Crippen LogP contribution in [0.4, 0.5) is 5.69 Å². The van der Waals surface area contributed by atoms with Crippen molar-refractivity contribution in [2.45, 2.75) is 31.8 Å². The number of ether oxygens (including phenoxy) is 1. The minimum atomic E-state index is 0.718. The zero-order chi connectivity index (χ0) is 14.5. The van der Waals surface area contributed by atoms with Crippen LogP contribution in [0.2, 0.25) is 0 Å². The van der Waals surface area contributed by atoms with Gasteiger partial charge >= 0.3 is 0 Å². The van der Waals surface area contributed by atoms with Crippen LogP contribution in [-0.2, 0) is 6.54 Å². The van der Waals surface area contributed by atoms with Crippen LogP contribution in [0.1, 0.15) is 24.1 Å². The Morgan fingerprint density at radius 2 is 2.05 bits per heavy atom. The summed E-state index contributed by atoms with van der Waals surface area (Å²) >= 11 is 1.85. The fourth-order valence-electron chi connectivity index (χ4n) is 2.49. The van der Waals surface area contributed by atoms with Gasteiger partial charge in [-0.25, -0.2) is 0 Å². The molecular weight excluding hydrogens is 280 g/mol. The van der Waals surface area contributed by atoms with E-state index in [-0.39, 0.29) is 0 Å². The third-order valence-corrected chi connectivity index (χ3v) is 4.63. The van der Waals surface area contributed by atoms with E-state index in [1.54, 1.807) is 0 Å². The number of hydrogen-bond donors (Lipinski definition) is 1. The van der Waals surface area contributed by atoms with Gasteiger partial charge in [-0.3, -0.25) is 4.90 Å². The Bertz CT molecular complexity index is 552. The molecule has 2 N–H and O–H groups in total. The lowest BCUT2D eigenvalue weighted by Crippen LogP contribution is -2.27. The lowest BCUT2D eigenvalue weighted by Gasteiger charge is -2.21. The summed E-state index contributed by atoms with van der Waals surface area (Å²) in [5, 5.41) is 2.15. The summed E-state index contributed by atoms with van der Waals surface area (Å²) in [7, 11) is 0. The van der Waals surface area contributed by atoms with E-state index in [0.29, 0.717) is 0 Å². The van der Waals surface area contributed by atoms with Crippen LogP contribution >= 0.6 is 11.3 Å². The number of benzene rings is 1. The molecule has 4 heteroatoms. The van der Waals surface area contributed by atoms with Crippen molar-refractivity contribution in [2.24, 2.45) is 0 Å². The molecule has 1 aliphatic rings. The maximum atomic E-state index is 5.88. The molecule has 0 radical (unpaired) electrons. The van der Waals surface area contributed by atoms with Crippen molar-refractivity contribution in [3.63, 3.8) is 0 Å². The monoisotopic (exact) mass is 302 g/mol. The molecule has 112 valence electrons. The molecule has 2 aromatic rings. The van der Waals surface area contributed by atoms with E-state index in [4.69, 9.17) is 10.5 Å². The minimum Gasteiger partial charge on any atom is -0.491 e. The number of anilines is 1. The summed E-state index contributed by atoms with van der Waals surface area (Å²) in [6.45, 7) is 2.90. The van der Waals surface area contributed by atoms with Gasteiger partial charge in [0.05, 0.1) is 12.3 Å². The van der Waals surface area contributed by atoms with Gasteiger partial charge in [0.1, 0.15) is 5.75 Å². The van der Waals surface area contributed by atoms with E-state index < -0.39 is 0 Å². The molecule has 21 heavy (non-hydrogen) atoms. The quantitative estimate of drug-likeness (QED) is 0.596. The number of rotatable bonds is 8. The highest BCUT2D eigenvalue weighted by atomic mass is 32.1. The second-order valence-corrected chi connectivity index (χ2v) is 6.55. The van der Waals surface area contributed by atoms with Gasteiger partial charge in [0.2, 0.25) is 0 Å². The standard InChI is InChI=1S/C17H22N2OS/c18-16-6-1-2-7-17(16)20-11-4-10-19(14-8-9-14)13-15-5-3-12-21-15/h1-3,5-7,12,14H,4,8-11,13,18H2. The average Bonchev–Trinajstić information content (AvgIpc) is 3.21. The molecule has 3 nitrogen and oxygen atoms in total. The Kier molecular flexibility index (Phi) is 4.78. The number of nitrogen functional groups attached to an aromatic ring is 1. The van der Waals surface area contributed by atoms with Crippen molar-refractivity contribution in [1.82, 2.24) is 4.90 Å². The number of hydrogen-bond acceptors (Lipinski definition) is 4. The molecule has 0 saturated heterocycles. The highest BCUT2D eigenvalue weighted by Crippen LogP contribution is 2.29. The van der Waals surface area contributed by atoms with Crippen LogP contribution in [-0.4, -0.2) is 24.1 Å². The Labute approximate surface area is 130 Å². The second-order valence-electron chi connectivity index (χ2n) is 5.52. The molecule has 1 aliphatic carbocycles. The van der Waals surface area contributed by atoms with Gasteiger partial charge in [0.15, 0.2) is 0 Å². The maximum Gasteiger partial charge on any atom is 0.142 e. The van der Waals surface area contributed by atoms with Gasteiger partial charge in [-0.1, -0.05) is 18.2 Å². The van der Waals surface area contributed by atoms with Crippen molar-refractivity contribution in [3.8, 4) is 5.75 Å². The average molecular weight is 302 g/mol. The second kappa shape index (κ2) is 6.96. The first-order chi connectivity index (χ1) is 10.3. The number of thiophene rings is 1. The van der Waals surface area contributed by atoms with E-state index in [2.05, 4.69) is 22.4 Å². The van der Waals surface area contributed by atoms with Gasteiger partial charge in [0, 0.05) is 24.0 Å². The molecule has 1 aromatic carbocycles.